The molecule has 1 aromatic heterocycles. The molecule has 2 aromatic carbocycles. The lowest BCUT2D eigenvalue weighted by atomic mass is 9.93. The summed E-state index contributed by atoms with van der Waals surface area (Å²) in [5.41, 5.74) is 2.49. The van der Waals surface area contributed by atoms with Gasteiger partial charge in [0.05, 0.1) is 11.0 Å². The van der Waals surface area contributed by atoms with E-state index in [2.05, 4.69) is 0 Å². The van der Waals surface area contributed by atoms with Crippen molar-refractivity contribution in [3.8, 4) is 0 Å². The van der Waals surface area contributed by atoms with Gasteiger partial charge in [-0.3, -0.25) is 19.7 Å². The number of benzene rings is 2. The lowest BCUT2D eigenvalue weighted by Gasteiger charge is -2.37. The monoisotopic (exact) mass is 507 g/mol. The Bertz CT molecular complexity index is 1270. The first-order valence-corrected chi connectivity index (χ1v) is 12.6. The maximum absolute atomic E-state index is 13.6. The van der Waals surface area contributed by atoms with Gasteiger partial charge in [0.15, 0.2) is 0 Å². The highest BCUT2D eigenvalue weighted by atomic mass is 32.1. The van der Waals surface area contributed by atoms with E-state index in [-0.39, 0.29) is 35.9 Å². The maximum Gasteiger partial charge on any atom is 0.269 e. The molecule has 2 heterocycles. The van der Waals surface area contributed by atoms with Gasteiger partial charge in [0.1, 0.15) is 12.4 Å². The summed E-state index contributed by atoms with van der Waals surface area (Å²) in [7, 11) is 0. The molecule has 0 aliphatic carbocycles. The molecule has 0 saturated heterocycles. The van der Waals surface area contributed by atoms with Gasteiger partial charge in [-0.15, -0.1) is 11.3 Å². The van der Waals surface area contributed by atoms with Crippen LogP contribution in [0.3, 0.4) is 0 Å². The SMILES string of the molecule is CCCN(CC(=O)N1CCc2sccc2[C@H]1c1ccc(F)cc1)C(=O)/C=C/c1ccc([N+](=O)[O-])cc1. The third-order valence-electron chi connectivity index (χ3n) is 6.13. The molecule has 1 atom stereocenters. The molecule has 186 valence electrons. The summed E-state index contributed by atoms with van der Waals surface area (Å²) in [6.45, 7) is 2.79. The highest BCUT2D eigenvalue weighted by molar-refractivity contribution is 7.10. The number of nitrogens with zero attached hydrogens (tertiary/aromatic N) is 3. The lowest BCUT2D eigenvalue weighted by Crippen LogP contribution is -2.46. The van der Waals surface area contributed by atoms with E-state index in [1.807, 2.05) is 18.4 Å². The van der Waals surface area contributed by atoms with E-state index >= 15 is 0 Å². The quantitative estimate of drug-likeness (QED) is 0.238. The van der Waals surface area contributed by atoms with Crippen molar-refractivity contribution in [3.63, 3.8) is 0 Å². The van der Waals surface area contributed by atoms with Crippen LogP contribution in [0.4, 0.5) is 10.1 Å². The van der Waals surface area contributed by atoms with Gasteiger partial charge < -0.3 is 9.80 Å². The van der Waals surface area contributed by atoms with Crippen molar-refractivity contribution in [2.24, 2.45) is 0 Å². The Morgan fingerprint density at radius 1 is 1.17 bits per heavy atom. The van der Waals surface area contributed by atoms with Crippen LogP contribution in [0, 0.1) is 15.9 Å². The molecular weight excluding hydrogens is 481 g/mol. The van der Waals surface area contributed by atoms with Crippen LogP contribution in [0.25, 0.3) is 6.08 Å². The number of carbonyl (C=O) groups is 2. The summed E-state index contributed by atoms with van der Waals surface area (Å²) in [6, 6.07) is 13.8. The molecule has 1 aliphatic rings. The molecule has 0 saturated carbocycles. The Morgan fingerprint density at radius 3 is 2.56 bits per heavy atom. The van der Waals surface area contributed by atoms with Crippen molar-refractivity contribution in [2.45, 2.75) is 25.8 Å². The Kier molecular flexibility index (Phi) is 7.90. The van der Waals surface area contributed by atoms with Crippen LogP contribution >= 0.6 is 11.3 Å². The fraction of sp³-hybridized carbons (Fsp3) is 0.259. The summed E-state index contributed by atoms with van der Waals surface area (Å²) < 4.78 is 13.6. The van der Waals surface area contributed by atoms with Crippen LogP contribution in [0.5, 0.6) is 0 Å². The molecule has 4 rings (SSSR count). The number of halogens is 1. The highest BCUT2D eigenvalue weighted by Gasteiger charge is 2.33. The minimum absolute atomic E-state index is 0.0253. The van der Waals surface area contributed by atoms with E-state index in [1.165, 1.54) is 40.1 Å². The van der Waals surface area contributed by atoms with E-state index in [1.54, 1.807) is 46.6 Å². The number of fused-ring (bicyclic) bond motifs is 1. The Balaban J connectivity index is 1.51. The third kappa shape index (κ3) is 5.68. The van der Waals surface area contributed by atoms with Crippen molar-refractivity contribution < 1.29 is 18.9 Å². The molecule has 0 unspecified atom stereocenters. The number of thiophene rings is 1. The minimum Gasteiger partial charge on any atom is -0.330 e. The first kappa shape index (κ1) is 25.2. The summed E-state index contributed by atoms with van der Waals surface area (Å²) in [5, 5.41) is 12.8. The zero-order valence-corrected chi connectivity index (χ0v) is 20.6. The molecule has 36 heavy (non-hydrogen) atoms. The van der Waals surface area contributed by atoms with E-state index in [0.29, 0.717) is 25.1 Å². The molecule has 0 N–H and O–H groups in total. The van der Waals surface area contributed by atoms with Gasteiger partial charge in [0.25, 0.3) is 5.69 Å². The summed E-state index contributed by atoms with van der Waals surface area (Å²) in [5.74, 6) is -0.820. The standard InChI is InChI=1S/C27H26FN3O4S/c1-2-15-29(25(32)12-5-19-3-10-22(11-4-19)31(34)35)18-26(33)30-16-13-24-23(14-17-36-24)27(30)20-6-8-21(28)9-7-20/h3-12,14,17,27H,2,13,15-16,18H2,1H3/b12-5+/t27-/m1/s1. The summed E-state index contributed by atoms with van der Waals surface area (Å²) >= 11 is 1.65. The predicted octanol–water partition coefficient (Wildman–Crippen LogP) is 5.22. The lowest BCUT2D eigenvalue weighted by molar-refractivity contribution is -0.384. The molecule has 0 spiro atoms. The smallest absolute Gasteiger partial charge is 0.269 e. The molecule has 0 fully saturated rings. The number of hydrogen-bond donors (Lipinski definition) is 0. The number of rotatable bonds is 8. The van der Waals surface area contributed by atoms with Crippen LogP contribution in [-0.4, -0.2) is 46.2 Å². The second-order valence-electron chi connectivity index (χ2n) is 8.53. The van der Waals surface area contributed by atoms with Crippen LogP contribution < -0.4 is 0 Å². The topological polar surface area (TPSA) is 83.8 Å². The van der Waals surface area contributed by atoms with Crippen LogP contribution in [0.15, 0.2) is 66.1 Å². The van der Waals surface area contributed by atoms with Crippen molar-refractivity contribution in [2.75, 3.05) is 19.6 Å². The Labute approximate surface area is 212 Å². The van der Waals surface area contributed by atoms with Crippen LogP contribution in [0.2, 0.25) is 0 Å². The molecule has 0 bridgehead atoms. The van der Waals surface area contributed by atoms with Crippen LogP contribution in [-0.2, 0) is 16.0 Å². The van der Waals surface area contributed by atoms with E-state index in [4.69, 9.17) is 0 Å². The second kappa shape index (κ2) is 11.3. The zero-order valence-electron chi connectivity index (χ0n) is 19.8. The number of amides is 2. The van der Waals surface area contributed by atoms with Gasteiger partial charge in [-0.25, -0.2) is 4.39 Å². The van der Waals surface area contributed by atoms with Gasteiger partial charge in [0.2, 0.25) is 11.8 Å². The number of nitro groups is 1. The van der Waals surface area contributed by atoms with Crippen molar-refractivity contribution in [3.05, 3.63) is 104 Å². The largest absolute Gasteiger partial charge is 0.330 e. The third-order valence-corrected chi connectivity index (χ3v) is 7.12. The molecular formula is C27H26FN3O4S. The molecule has 1 aliphatic heterocycles. The number of nitro benzene ring substituents is 1. The number of carbonyl (C=O) groups excluding carboxylic acids is 2. The number of hydrogen-bond acceptors (Lipinski definition) is 5. The van der Waals surface area contributed by atoms with Gasteiger partial charge in [-0.05, 0) is 71.3 Å². The van der Waals surface area contributed by atoms with Crippen molar-refractivity contribution >= 4 is 34.9 Å². The second-order valence-corrected chi connectivity index (χ2v) is 9.53. The average molecular weight is 508 g/mol. The molecule has 2 amide bonds. The molecule has 9 heteroatoms. The van der Waals surface area contributed by atoms with E-state index < -0.39 is 4.92 Å². The van der Waals surface area contributed by atoms with E-state index in [0.717, 1.165) is 17.5 Å². The van der Waals surface area contributed by atoms with Crippen LogP contribution in [0.1, 0.15) is 41.0 Å². The first-order valence-electron chi connectivity index (χ1n) is 11.7. The fourth-order valence-electron chi connectivity index (χ4n) is 4.36. The molecule has 3 aromatic rings. The maximum atomic E-state index is 13.6. The van der Waals surface area contributed by atoms with Gasteiger partial charge in [0, 0.05) is 36.2 Å². The predicted molar refractivity (Wildman–Crippen MR) is 137 cm³/mol. The normalized spacial score (nSPS) is 15.1. The molecule has 0 radical (unpaired) electrons. The number of non-ortho nitro benzene ring substituents is 1. The van der Waals surface area contributed by atoms with Gasteiger partial charge in [-0.1, -0.05) is 19.1 Å². The zero-order chi connectivity index (χ0) is 25.7. The molecule has 7 nitrogen and oxygen atoms in total. The van der Waals surface area contributed by atoms with Crippen molar-refractivity contribution in [1.82, 2.24) is 9.80 Å². The highest BCUT2D eigenvalue weighted by Crippen LogP contribution is 2.38. The average Bonchev–Trinajstić information content (AvgIpc) is 3.36. The summed E-state index contributed by atoms with van der Waals surface area (Å²) in [4.78, 5) is 41.3. The Morgan fingerprint density at radius 2 is 1.89 bits per heavy atom. The first-order chi connectivity index (χ1) is 17.4. The van der Waals surface area contributed by atoms with E-state index in [9.17, 15) is 24.1 Å². The van der Waals surface area contributed by atoms with Gasteiger partial charge in [-0.2, -0.15) is 0 Å². The summed E-state index contributed by atoms with van der Waals surface area (Å²) in [6.07, 6.45) is 4.38. The fourth-order valence-corrected chi connectivity index (χ4v) is 5.26. The van der Waals surface area contributed by atoms with Crippen molar-refractivity contribution in [1.29, 1.82) is 0 Å². The van der Waals surface area contributed by atoms with Gasteiger partial charge >= 0.3 is 0 Å². The minimum atomic E-state index is -0.480. The Hall–Kier alpha value is -3.85.